The molecular formula is C20H12ClF3N8OS. The molecule has 0 bridgehead atoms. The molecule has 0 saturated heterocycles. The number of aromatic nitrogens is 7. The largest absolute Gasteiger partial charge is 0.434 e. The van der Waals surface area contributed by atoms with E-state index in [0.717, 1.165) is 10.9 Å². The third kappa shape index (κ3) is 3.78. The third-order valence-corrected chi connectivity index (χ3v) is 6.15. The molecule has 0 unspecified atom stereocenters. The smallest absolute Gasteiger partial charge is 0.320 e. The van der Waals surface area contributed by atoms with Gasteiger partial charge in [0.15, 0.2) is 11.5 Å². The minimum absolute atomic E-state index is 0.0870. The van der Waals surface area contributed by atoms with Gasteiger partial charge in [-0.1, -0.05) is 11.6 Å². The Morgan fingerprint density at radius 1 is 1.12 bits per heavy atom. The Hall–Kier alpha value is -3.84. The zero-order valence-electron chi connectivity index (χ0n) is 17.1. The summed E-state index contributed by atoms with van der Waals surface area (Å²) in [5.41, 5.74) is -0.992. The molecule has 5 heterocycles. The molecule has 0 fully saturated rings. The number of thiophene rings is 1. The maximum atomic E-state index is 14.1. The first-order valence-electron chi connectivity index (χ1n) is 9.56. The molecule has 5 aromatic rings. The van der Waals surface area contributed by atoms with Crippen LogP contribution in [-0.2, 0) is 6.18 Å². The van der Waals surface area contributed by atoms with Gasteiger partial charge in [-0.05, 0) is 24.4 Å². The summed E-state index contributed by atoms with van der Waals surface area (Å²) in [5, 5.41) is 16.5. The molecule has 5 rings (SSSR count). The number of fused-ring (bicyclic) bond motifs is 1. The van der Waals surface area contributed by atoms with Crippen LogP contribution in [0.15, 0.2) is 48.5 Å². The van der Waals surface area contributed by atoms with Gasteiger partial charge >= 0.3 is 6.18 Å². The van der Waals surface area contributed by atoms with Crippen LogP contribution in [0.2, 0.25) is 5.02 Å². The van der Waals surface area contributed by atoms with Crippen LogP contribution in [0.4, 0.5) is 18.9 Å². The predicted molar refractivity (Wildman–Crippen MR) is 119 cm³/mol. The Kier molecular flexibility index (Phi) is 5.29. The number of halogens is 4. The Morgan fingerprint density at radius 3 is 2.59 bits per heavy atom. The quantitative estimate of drug-likeness (QED) is 0.381. The number of alkyl halides is 3. The molecule has 0 atom stereocenters. The zero-order valence-corrected chi connectivity index (χ0v) is 18.7. The molecule has 0 aliphatic rings. The molecule has 1 amide bonds. The molecule has 9 nitrogen and oxygen atoms in total. The first-order chi connectivity index (χ1) is 16.2. The average Bonchev–Trinajstić information content (AvgIpc) is 3.54. The summed E-state index contributed by atoms with van der Waals surface area (Å²) in [4.78, 5) is 22.3. The molecule has 0 spiro atoms. The fourth-order valence-corrected chi connectivity index (χ4v) is 4.49. The summed E-state index contributed by atoms with van der Waals surface area (Å²) in [6, 6.07) is 3.02. The van der Waals surface area contributed by atoms with E-state index in [1.807, 2.05) is 0 Å². The van der Waals surface area contributed by atoms with E-state index in [4.69, 9.17) is 11.6 Å². The Balaban J connectivity index is 1.53. The number of rotatable bonds is 4. The predicted octanol–water partition coefficient (Wildman–Crippen LogP) is 4.69. The number of nitrogens with one attached hydrogen (secondary N) is 1. The summed E-state index contributed by atoms with van der Waals surface area (Å²) in [6.45, 7) is 1.77. The second-order valence-corrected chi connectivity index (χ2v) is 8.33. The fourth-order valence-electron chi connectivity index (χ4n) is 3.39. The number of carbonyl (C=O) groups excluding carboxylic acids is 1. The second-order valence-electron chi connectivity index (χ2n) is 7.01. The second kappa shape index (κ2) is 8.18. The van der Waals surface area contributed by atoms with Crippen molar-refractivity contribution in [2.45, 2.75) is 13.1 Å². The fraction of sp³-hybridized carbons (Fsp3) is 0.100. The normalized spacial score (nSPS) is 11.8. The van der Waals surface area contributed by atoms with Gasteiger partial charge in [-0.3, -0.25) is 9.78 Å². The van der Waals surface area contributed by atoms with Gasteiger partial charge in [-0.2, -0.15) is 28.5 Å². The molecule has 0 aliphatic carbocycles. The number of hydrogen-bond donors (Lipinski definition) is 1. The van der Waals surface area contributed by atoms with Crippen LogP contribution in [0.3, 0.4) is 0 Å². The lowest BCUT2D eigenvalue weighted by Gasteiger charge is -2.14. The van der Waals surface area contributed by atoms with Gasteiger partial charge in [-0.25, -0.2) is 9.67 Å². The maximum absolute atomic E-state index is 14.1. The highest BCUT2D eigenvalue weighted by molar-refractivity contribution is 7.17. The zero-order chi connectivity index (χ0) is 24.0. The summed E-state index contributed by atoms with van der Waals surface area (Å²) < 4.78 is 43.7. The standard InChI is InChI=1S/C20H12ClF3N8OS/c1-10-16-12(2-5-34-16)15(9-25-10)31-17(20(22,23)24)13(8-29-31)19(33)30-11-6-14(21)18(26-7-11)32-27-3-4-28-32/h2-9H,1H3,(H,30,33). The molecule has 34 heavy (non-hydrogen) atoms. The van der Waals surface area contributed by atoms with Crippen LogP contribution < -0.4 is 5.32 Å². The van der Waals surface area contributed by atoms with E-state index in [1.165, 1.54) is 47.0 Å². The van der Waals surface area contributed by atoms with Crippen molar-refractivity contribution in [3.63, 3.8) is 0 Å². The molecule has 0 aromatic carbocycles. The lowest BCUT2D eigenvalue weighted by molar-refractivity contribution is -0.143. The minimum Gasteiger partial charge on any atom is -0.320 e. The van der Waals surface area contributed by atoms with Gasteiger partial charge in [0.1, 0.15) is 0 Å². The molecule has 0 aliphatic heterocycles. The lowest BCUT2D eigenvalue weighted by atomic mass is 10.2. The van der Waals surface area contributed by atoms with Gasteiger partial charge < -0.3 is 5.32 Å². The molecule has 0 radical (unpaired) electrons. The van der Waals surface area contributed by atoms with Gasteiger partial charge in [0.05, 0.1) is 63.3 Å². The monoisotopic (exact) mass is 504 g/mol. The van der Waals surface area contributed by atoms with Crippen molar-refractivity contribution < 1.29 is 18.0 Å². The van der Waals surface area contributed by atoms with Crippen LogP contribution in [-0.4, -0.2) is 40.6 Å². The van der Waals surface area contributed by atoms with E-state index in [1.54, 1.807) is 18.4 Å². The van der Waals surface area contributed by atoms with Crippen molar-refractivity contribution >= 4 is 44.6 Å². The topological polar surface area (TPSA) is 103 Å². The maximum Gasteiger partial charge on any atom is 0.434 e. The van der Waals surface area contributed by atoms with E-state index in [-0.39, 0.29) is 22.2 Å². The SMILES string of the molecule is Cc1ncc(-n2ncc(C(=O)Nc3cnc(-n4nccn4)c(Cl)c3)c2C(F)(F)F)c2ccsc12. The number of aryl methyl sites for hydroxylation is 1. The number of pyridine rings is 2. The van der Waals surface area contributed by atoms with E-state index in [0.29, 0.717) is 15.8 Å². The van der Waals surface area contributed by atoms with Crippen LogP contribution >= 0.6 is 22.9 Å². The van der Waals surface area contributed by atoms with Gasteiger partial charge in [0.25, 0.3) is 5.91 Å². The van der Waals surface area contributed by atoms with Gasteiger partial charge in [0.2, 0.25) is 0 Å². The highest BCUT2D eigenvalue weighted by atomic mass is 35.5. The molecule has 14 heteroatoms. The number of nitrogens with zero attached hydrogens (tertiary/aromatic N) is 7. The van der Waals surface area contributed by atoms with E-state index in [2.05, 4.69) is 30.6 Å². The Labute approximate surface area is 197 Å². The van der Waals surface area contributed by atoms with Crippen molar-refractivity contribution in [2.75, 3.05) is 5.32 Å². The first kappa shape index (κ1) is 22.0. The van der Waals surface area contributed by atoms with E-state index in [9.17, 15) is 18.0 Å². The highest BCUT2D eigenvalue weighted by Crippen LogP contribution is 2.36. The summed E-state index contributed by atoms with van der Waals surface area (Å²) >= 11 is 7.54. The molecular weight excluding hydrogens is 493 g/mol. The number of anilines is 1. The molecule has 1 N–H and O–H groups in total. The highest BCUT2D eigenvalue weighted by Gasteiger charge is 2.41. The van der Waals surface area contributed by atoms with Crippen LogP contribution in [0, 0.1) is 6.92 Å². The number of carbonyl (C=O) groups is 1. The molecule has 5 aromatic heterocycles. The summed E-state index contributed by atoms with van der Waals surface area (Å²) in [5.74, 6) is -0.830. The van der Waals surface area contributed by atoms with Crippen LogP contribution in [0.25, 0.3) is 21.6 Å². The Morgan fingerprint density at radius 2 is 1.88 bits per heavy atom. The van der Waals surface area contributed by atoms with Crippen molar-refractivity contribution in [2.24, 2.45) is 0 Å². The lowest BCUT2D eigenvalue weighted by Crippen LogP contribution is -2.21. The van der Waals surface area contributed by atoms with E-state index >= 15 is 0 Å². The van der Waals surface area contributed by atoms with Crippen molar-refractivity contribution in [3.8, 4) is 11.5 Å². The number of hydrogen-bond acceptors (Lipinski definition) is 7. The Bertz CT molecular complexity index is 1530. The van der Waals surface area contributed by atoms with Crippen molar-refractivity contribution in [1.29, 1.82) is 0 Å². The van der Waals surface area contributed by atoms with Crippen molar-refractivity contribution in [1.82, 2.24) is 34.7 Å². The third-order valence-electron chi connectivity index (χ3n) is 4.85. The average molecular weight is 505 g/mol. The summed E-state index contributed by atoms with van der Waals surface area (Å²) in [7, 11) is 0. The number of amides is 1. The van der Waals surface area contributed by atoms with E-state index < -0.39 is 23.3 Å². The summed E-state index contributed by atoms with van der Waals surface area (Å²) in [6.07, 6.45) is 1.39. The minimum atomic E-state index is -4.87. The van der Waals surface area contributed by atoms with Crippen LogP contribution in [0.5, 0.6) is 0 Å². The molecule has 172 valence electrons. The van der Waals surface area contributed by atoms with Crippen LogP contribution in [0.1, 0.15) is 21.7 Å². The molecule has 0 saturated carbocycles. The van der Waals surface area contributed by atoms with Gasteiger partial charge in [-0.15, -0.1) is 16.1 Å². The van der Waals surface area contributed by atoms with Gasteiger partial charge in [0, 0.05) is 5.39 Å². The van der Waals surface area contributed by atoms with Crippen molar-refractivity contribution in [3.05, 3.63) is 70.5 Å². The first-order valence-corrected chi connectivity index (χ1v) is 10.8.